The quantitative estimate of drug-likeness (QED) is 0.616. The molecule has 0 saturated heterocycles. The van der Waals surface area contributed by atoms with E-state index in [4.69, 9.17) is 4.74 Å². The Morgan fingerprint density at radius 1 is 1.19 bits per heavy atom. The summed E-state index contributed by atoms with van der Waals surface area (Å²) in [6, 6.07) is 11.3. The highest BCUT2D eigenvalue weighted by Crippen LogP contribution is 2.17. The van der Waals surface area contributed by atoms with Gasteiger partial charge >= 0.3 is 0 Å². The van der Waals surface area contributed by atoms with Crippen molar-refractivity contribution in [1.82, 2.24) is 19.5 Å². The van der Waals surface area contributed by atoms with E-state index in [1.165, 1.54) is 5.56 Å². The zero-order chi connectivity index (χ0) is 18.1. The lowest BCUT2D eigenvalue weighted by atomic mass is 10.2. The Morgan fingerprint density at radius 2 is 2.08 bits per heavy atom. The number of fused-ring (bicyclic) bond motifs is 1. The predicted octanol–water partition coefficient (Wildman–Crippen LogP) is 3.02. The van der Waals surface area contributed by atoms with Gasteiger partial charge in [0.2, 0.25) is 0 Å². The molecule has 0 aliphatic rings. The number of ether oxygens (including phenoxy) is 1. The summed E-state index contributed by atoms with van der Waals surface area (Å²) < 4.78 is 7.14. The van der Waals surface area contributed by atoms with Gasteiger partial charge in [-0.2, -0.15) is 0 Å². The van der Waals surface area contributed by atoms with E-state index in [1.807, 2.05) is 48.3 Å². The molecule has 3 aromatic heterocycles. The Labute approximate surface area is 150 Å². The molecule has 6 heteroatoms. The molecule has 130 valence electrons. The zero-order valence-electron chi connectivity index (χ0n) is 14.6. The Balaban J connectivity index is 1.61. The van der Waals surface area contributed by atoms with E-state index in [0.29, 0.717) is 28.9 Å². The van der Waals surface area contributed by atoms with Crippen molar-refractivity contribution in [2.24, 2.45) is 0 Å². The van der Waals surface area contributed by atoms with Crippen molar-refractivity contribution in [3.63, 3.8) is 0 Å². The number of aromatic amines is 1. The lowest BCUT2D eigenvalue weighted by Gasteiger charge is -2.06. The van der Waals surface area contributed by atoms with E-state index < -0.39 is 0 Å². The van der Waals surface area contributed by atoms with Crippen LogP contribution < -0.4 is 10.3 Å². The standard InChI is InChI=1S/C20H18N4O2/c1-13-7-8-24(12-13)19-6-3-14(11-21-19)9-18-22-17-5-4-15(26-2)10-16(17)20(25)23-18/h3-8,10-12H,9H2,1-2H3,(H,22,23,25). The topological polar surface area (TPSA) is 72.8 Å². The second-order valence-corrected chi connectivity index (χ2v) is 6.19. The van der Waals surface area contributed by atoms with Crippen LogP contribution in [0.2, 0.25) is 0 Å². The van der Waals surface area contributed by atoms with Crippen LogP contribution in [0.1, 0.15) is 17.0 Å². The van der Waals surface area contributed by atoms with Gasteiger partial charge in [0.25, 0.3) is 5.56 Å². The Morgan fingerprint density at radius 3 is 2.77 bits per heavy atom. The van der Waals surface area contributed by atoms with Gasteiger partial charge in [0, 0.05) is 25.0 Å². The minimum atomic E-state index is -0.170. The van der Waals surface area contributed by atoms with Crippen LogP contribution in [0.5, 0.6) is 5.75 Å². The molecule has 0 bridgehead atoms. The number of rotatable bonds is 4. The summed E-state index contributed by atoms with van der Waals surface area (Å²) in [6.45, 7) is 2.04. The van der Waals surface area contributed by atoms with Crippen LogP contribution in [0.25, 0.3) is 16.7 Å². The second-order valence-electron chi connectivity index (χ2n) is 6.19. The largest absolute Gasteiger partial charge is 0.497 e. The van der Waals surface area contributed by atoms with E-state index in [2.05, 4.69) is 15.0 Å². The molecule has 0 atom stereocenters. The molecule has 0 saturated carbocycles. The molecule has 4 aromatic rings. The maximum atomic E-state index is 12.3. The van der Waals surface area contributed by atoms with Crippen molar-refractivity contribution in [3.8, 4) is 11.6 Å². The smallest absolute Gasteiger partial charge is 0.258 e. The van der Waals surface area contributed by atoms with Gasteiger partial charge < -0.3 is 14.3 Å². The SMILES string of the molecule is COc1ccc2nc(Cc3ccc(-n4ccc(C)c4)nc3)[nH]c(=O)c2c1. The molecule has 0 fully saturated rings. The average molecular weight is 346 g/mol. The summed E-state index contributed by atoms with van der Waals surface area (Å²) in [4.78, 5) is 24.2. The Kier molecular flexibility index (Phi) is 4.01. The number of hydrogen-bond acceptors (Lipinski definition) is 4. The van der Waals surface area contributed by atoms with Crippen molar-refractivity contribution in [2.75, 3.05) is 7.11 Å². The van der Waals surface area contributed by atoms with E-state index in [0.717, 1.165) is 11.4 Å². The maximum absolute atomic E-state index is 12.3. The molecule has 3 heterocycles. The van der Waals surface area contributed by atoms with Crippen LogP contribution in [-0.2, 0) is 6.42 Å². The Hall–Kier alpha value is -3.41. The van der Waals surface area contributed by atoms with Gasteiger partial charge in [-0.15, -0.1) is 0 Å². The van der Waals surface area contributed by atoms with Gasteiger partial charge in [-0.05, 0) is 48.4 Å². The molecule has 1 N–H and O–H groups in total. The molecule has 6 nitrogen and oxygen atoms in total. The second kappa shape index (κ2) is 6.48. The van der Waals surface area contributed by atoms with Crippen LogP contribution in [0.15, 0.2) is 59.8 Å². The van der Waals surface area contributed by atoms with Crippen LogP contribution in [0, 0.1) is 6.92 Å². The number of hydrogen-bond donors (Lipinski definition) is 1. The van der Waals surface area contributed by atoms with Crippen molar-refractivity contribution >= 4 is 10.9 Å². The minimum Gasteiger partial charge on any atom is -0.497 e. The number of nitrogens with one attached hydrogen (secondary N) is 1. The first-order chi connectivity index (χ1) is 12.6. The predicted molar refractivity (Wildman–Crippen MR) is 100 cm³/mol. The molecule has 0 spiro atoms. The fourth-order valence-electron chi connectivity index (χ4n) is 2.89. The molecule has 4 rings (SSSR count). The third-order valence-electron chi connectivity index (χ3n) is 4.25. The number of aryl methyl sites for hydroxylation is 1. The van der Waals surface area contributed by atoms with Crippen molar-refractivity contribution in [2.45, 2.75) is 13.3 Å². The molecule has 0 unspecified atom stereocenters. The number of methoxy groups -OCH3 is 1. The minimum absolute atomic E-state index is 0.170. The molecular formula is C20H18N4O2. The lowest BCUT2D eigenvalue weighted by molar-refractivity contribution is 0.415. The average Bonchev–Trinajstić information content (AvgIpc) is 3.08. The summed E-state index contributed by atoms with van der Waals surface area (Å²) in [7, 11) is 1.57. The molecule has 0 radical (unpaired) electrons. The molecular weight excluding hydrogens is 328 g/mol. The first-order valence-electron chi connectivity index (χ1n) is 8.29. The van der Waals surface area contributed by atoms with Crippen LogP contribution >= 0.6 is 0 Å². The van der Waals surface area contributed by atoms with Crippen LogP contribution in [-0.4, -0.2) is 26.6 Å². The van der Waals surface area contributed by atoms with Crippen LogP contribution in [0.4, 0.5) is 0 Å². The molecule has 0 amide bonds. The van der Waals surface area contributed by atoms with Gasteiger partial charge in [0.15, 0.2) is 0 Å². The number of aromatic nitrogens is 4. The normalized spacial score (nSPS) is 11.0. The summed E-state index contributed by atoms with van der Waals surface area (Å²) in [5.74, 6) is 2.10. The Bertz CT molecular complexity index is 1130. The zero-order valence-corrected chi connectivity index (χ0v) is 14.6. The van der Waals surface area contributed by atoms with Gasteiger partial charge in [-0.1, -0.05) is 6.07 Å². The number of pyridine rings is 1. The number of benzene rings is 1. The number of nitrogens with zero attached hydrogens (tertiary/aromatic N) is 3. The van der Waals surface area contributed by atoms with Gasteiger partial charge in [0.05, 0.1) is 18.0 Å². The van der Waals surface area contributed by atoms with E-state index in [9.17, 15) is 4.79 Å². The first kappa shape index (κ1) is 16.1. The van der Waals surface area contributed by atoms with E-state index in [1.54, 1.807) is 25.3 Å². The lowest BCUT2D eigenvalue weighted by Crippen LogP contribution is -2.12. The van der Waals surface area contributed by atoms with Gasteiger partial charge in [-0.25, -0.2) is 9.97 Å². The van der Waals surface area contributed by atoms with E-state index >= 15 is 0 Å². The maximum Gasteiger partial charge on any atom is 0.258 e. The summed E-state index contributed by atoms with van der Waals surface area (Å²) in [5.41, 5.74) is 2.65. The monoisotopic (exact) mass is 346 g/mol. The third-order valence-corrected chi connectivity index (χ3v) is 4.25. The number of H-pyrrole nitrogens is 1. The first-order valence-corrected chi connectivity index (χ1v) is 8.29. The molecule has 0 aliphatic carbocycles. The summed E-state index contributed by atoms with van der Waals surface area (Å²) in [6.07, 6.45) is 6.32. The molecule has 26 heavy (non-hydrogen) atoms. The van der Waals surface area contributed by atoms with E-state index in [-0.39, 0.29) is 5.56 Å². The van der Waals surface area contributed by atoms with Crippen molar-refractivity contribution in [1.29, 1.82) is 0 Å². The molecule has 0 aliphatic heterocycles. The van der Waals surface area contributed by atoms with Gasteiger partial charge in [0.1, 0.15) is 17.4 Å². The fraction of sp³-hybridized carbons (Fsp3) is 0.150. The fourth-order valence-corrected chi connectivity index (χ4v) is 2.89. The highest BCUT2D eigenvalue weighted by Gasteiger charge is 2.07. The van der Waals surface area contributed by atoms with Crippen molar-refractivity contribution in [3.05, 3.63) is 82.3 Å². The highest BCUT2D eigenvalue weighted by molar-refractivity contribution is 5.79. The summed E-state index contributed by atoms with van der Waals surface area (Å²) in [5, 5.41) is 0.518. The van der Waals surface area contributed by atoms with Crippen molar-refractivity contribution < 1.29 is 4.74 Å². The molecule has 1 aromatic carbocycles. The third kappa shape index (κ3) is 3.09. The summed E-state index contributed by atoms with van der Waals surface area (Å²) >= 11 is 0. The van der Waals surface area contributed by atoms with Gasteiger partial charge in [-0.3, -0.25) is 4.79 Å². The van der Waals surface area contributed by atoms with Crippen LogP contribution in [0.3, 0.4) is 0 Å². The highest BCUT2D eigenvalue weighted by atomic mass is 16.5.